The number of rotatable bonds is 31. The second kappa shape index (κ2) is 67.5. The summed E-state index contributed by atoms with van der Waals surface area (Å²) >= 11 is 5.91. The predicted molar refractivity (Wildman–Crippen MR) is 632 cm³/mol. The molecule has 0 spiro atoms. The van der Waals surface area contributed by atoms with Crippen molar-refractivity contribution in [3.05, 3.63) is 400 Å². The van der Waals surface area contributed by atoms with Crippen molar-refractivity contribution >= 4 is 92.2 Å². The molecule has 0 fully saturated rings. The van der Waals surface area contributed by atoms with Crippen molar-refractivity contribution in [3.8, 4) is 89.5 Å². The van der Waals surface area contributed by atoms with Crippen LogP contribution in [0.4, 0.5) is 68.8 Å². The maximum absolute atomic E-state index is 12.8. The highest BCUT2D eigenvalue weighted by Crippen LogP contribution is 2.35. The van der Waals surface area contributed by atoms with Gasteiger partial charge in [0.25, 0.3) is 11.8 Å². The lowest BCUT2D eigenvalue weighted by Gasteiger charge is -2.27. The number of amides is 2. The van der Waals surface area contributed by atoms with Crippen molar-refractivity contribution in [3.63, 3.8) is 0 Å². The van der Waals surface area contributed by atoms with Crippen LogP contribution in [-0.2, 0) is 0 Å². The van der Waals surface area contributed by atoms with Gasteiger partial charge in [0.05, 0.1) is 47.2 Å². The van der Waals surface area contributed by atoms with Crippen LogP contribution in [0.1, 0.15) is 159 Å². The fourth-order valence-corrected chi connectivity index (χ4v) is 15.6. The molecule has 770 valence electrons. The Hall–Kier alpha value is -16.1. The first kappa shape index (κ1) is 119. The molecule has 0 bridgehead atoms. The van der Waals surface area contributed by atoms with E-state index in [0.29, 0.717) is 42.6 Å². The Morgan fingerprint density at radius 2 is 0.486 bits per heavy atom. The van der Waals surface area contributed by atoms with Crippen LogP contribution in [0.3, 0.4) is 0 Å². The molecule has 0 atom stereocenters. The molecule has 1 aliphatic rings. The molecule has 148 heavy (non-hydrogen) atoms. The summed E-state index contributed by atoms with van der Waals surface area (Å²) in [6.07, 6.45) is 6.33. The zero-order valence-electron chi connectivity index (χ0n) is 90.1. The van der Waals surface area contributed by atoms with E-state index in [9.17, 15) is 14.7 Å². The zero-order valence-corrected chi connectivity index (χ0v) is 90.8. The van der Waals surface area contributed by atoms with E-state index in [0.717, 1.165) is 156 Å². The number of nitrogens with two attached hydrogens (primary N) is 1. The van der Waals surface area contributed by atoms with Crippen LogP contribution in [0, 0.1) is 0 Å². The molecule has 1 aliphatic heterocycles. The molecule has 0 unspecified atom stereocenters. The first-order valence-electron chi connectivity index (χ1n) is 52.1. The number of benzene rings is 13. The predicted octanol–water partition coefficient (Wildman–Crippen LogP) is 32.1. The maximum Gasteiger partial charge on any atom is 0.263 e. The smallest absolute Gasteiger partial charge is 0.263 e. The lowest BCUT2D eigenvalue weighted by molar-refractivity contribution is 0.0654. The van der Waals surface area contributed by atoms with Gasteiger partial charge in [-0.05, 0) is 206 Å². The van der Waals surface area contributed by atoms with Gasteiger partial charge in [-0.25, -0.2) is 39.9 Å². The molecule has 7 N–H and O–H groups in total. The fraction of sp³-hybridized carbons (Fsp3) is 0.238. The van der Waals surface area contributed by atoms with E-state index in [1.807, 2.05) is 280 Å². The van der Waals surface area contributed by atoms with E-state index in [-0.39, 0.29) is 25.1 Å². The lowest BCUT2D eigenvalue weighted by atomic mass is 10.0. The highest BCUT2D eigenvalue weighted by molar-refractivity contribution is 6.21. The summed E-state index contributed by atoms with van der Waals surface area (Å²) in [5.74, 6) is 3.03. The lowest BCUT2D eigenvalue weighted by Crippen LogP contribution is -2.41. The number of nitrogens with one attached hydrogen (secondary N) is 4. The number of hydrogen-bond acceptors (Lipinski definition) is 20. The normalized spacial score (nSPS) is 10.3. The second-order valence-corrected chi connectivity index (χ2v) is 31.2. The van der Waals surface area contributed by atoms with Gasteiger partial charge >= 0.3 is 0 Å². The van der Waals surface area contributed by atoms with Gasteiger partial charge in [0.15, 0.2) is 0 Å². The third-order valence-electron chi connectivity index (χ3n) is 22.4. The van der Waals surface area contributed by atoms with E-state index in [2.05, 4.69) is 279 Å². The van der Waals surface area contributed by atoms with Crippen molar-refractivity contribution in [2.24, 2.45) is 5.73 Å². The standard InChI is InChI=1S/C33H27N5O2.C26H25ClN4.C26H26N4O.C25H25N5.8C2H6/c1-2-37(22-38-32(39)28-13-6-7-14-29(28)33(38)40)27-17-15-26(16-18-27)36-31-20-30(34-21-35-31)25-12-8-11-24(19-25)23-9-4-3-5-10-23;1-2-31(16-15-27)24-13-11-23(12-14-24)30-26-18-25(28-19-29-26)22-10-6-9-21(17-22)20-7-4-3-5-8-20;1-2-30(15-16-31)24-13-11-23(12-14-24)29-26-18-25(27-19-28-26)22-10-6-9-21(17-22)20-7-4-3-5-8-20;1-2-30(17-26)23-13-11-22(12-14-23)29-25-16-24(27-18-28-25)21-10-6-9-20(15-21)19-7-4-3-5-8-19;8*1-2/h3-21H,2,22H2,1H3,(H,34,35,36);3-14,17-19H,2,15-16H2,1H3,(H,28,29,30);3-14,17-19,31H,2,15-16H2,1H3,(H,27,28,29);3-16,18H,2,17,26H2,1H3,(H,27,28,29);8*1-2H3. The summed E-state index contributed by atoms with van der Waals surface area (Å²) in [5, 5.41) is 22.7. The van der Waals surface area contributed by atoms with Crippen LogP contribution >= 0.6 is 11.6 Å². The SMILES string of the molecule is CC.CC.CC.CC.CC.CC.CC.CC.CCN(CCCl)c1ccc(Nc2cc(-c3cccc(-c4ccccc4)c3)ncn2)cc1.CCN(CCO)c1ccc(Nc2cc(-c3cccc(-c4ccccc4)c3)ncn2)cc1.CCN(CN)c1ccc(Nc2cc(-c3cccc(-c4ccccc4)c3)ncn2)cc1.CCN(CN1C(=O)c2ccccc2C1=O)c1ccc(Nc2cc(-c3cccc(-c4ccccc4)c3)ncn2)cc1. The van der Waals surface area contributed by atoms with E-state index in [1.54, 1.807) is 49.6 Å². The number of aliphatic hydroxyl groups is 1. The van der Waals surface area contributed by atoms with Crippen molar-refractivity contribution < 1.29 is 14.7 Å². The monoisotopic (exact) mass is 2000 g/mol. The Balaban J connectivity index is 0.000000256. The first-order chi connectivity index (χ1) is 72.9. The number of carbonyl (C=O) groups is 2. The van der Waals surface area contributed by atoms with Crippen molar-refractivity contribution in [2.45, 2.75) is 138 Å². The molecular weight excluding hydrogens is 1850 g/mol. The van der Waals surface area contributed by atoms with Gasteiger partial charge in [0.2, 0.25) is 0 Å². The Bertz CT molecular complexity index is 6380. The molecule has 22 heteroatoms. The molecule has 18 rings (SSSR count). The van der Waals surface area contributed by atoms with Crippen LogP contribution in [-0.4, -0.2) is 127 Å². The minimum absolute atomic E-state index is 0.142. The molecule has 5 heterocycles. The average molecular weight is 2000 g/mol. The Kier molecular flexibility index (Phi) is 54.2. The number of imide groups is 1. The van der Waals surface area contributed by atoms with Gasteiger partial charge in [0.1, 0.15) is 55.2 Å². The van der Waals surface area contributed by atoms with Gasteiger partial charge in [0, 0.05) is 137 Å². The summed E-state index contributed by atoms with van der Waals surface area (Å²) in [6.45, 7) is 45.9. The number of hydrogen-bond donors (Lipinski definition) is 6. The summed E-state index contributed by atoms with van der Waals surface area (Å²) in [6, 6.07) is 122. The second-order valence-electron chi connectivity index (χ2n) is 30.8. The number of nitrogens with zero attached hydrogens (tertiary/aromatic N) is 13. The number of carbonyl (C=O) groups excluding carboxylic acids is 2. The molecule has 0 radical (unpaired) electrons. The average Bonchev–Trinajstić information content (AvgIpc) is 1.63. The third kappa shape index (κ3) is 35.4. The first-order valence-corrected chi connectivity index (χ1v) is 52.7. The molecule has 2 amide bonds. The fourth-order valence-electron chi connectivity index (χ4n) is 15.4. The number of aliphatic hydroxyl groups excluding tert-OH is 1. The number of likely N-dealkylation sites (N-methyl/N-ethyl adjacent to an activating group) is 1. The van der Waals surface area contributed by atoms with Crippen LogP contribution in [0.15, 0.2) is 389 Å². The zero-order chi connectivity index (χ0) is 107. The number of fused-ring (bicyclic) bond motifs is 1. The maximum atomic E-state index is 12.8. The van der Waals surface area contributed by atoms with E-state index < -0.39 is 0 Å². The quantitative estimate of drug-likeness (QED) is 0.0134. The van der Waals surface area contributed by atoms with Gasteiger partial charge in [-0.3, -0.25) is 14.5 Å². The highest BCUT2D eigenvalue weighted by Gasteiger charge is 2.36. The Morgan fingerprint density at radius 3 is 0.723 bits per heavy atom. The third-order valence-corrected chi connectivity index (χ3v) is 22.6. The number of halogens is 1. The molecule has 13 aromatic carbocycles. The minimum Gasteiger partial charge on any atom is -0.395 e. The molecule has 0 aliphatic carbocycles. The van der Waals surface area contributed by atoms with Gasteiger partial charge < -0.3 is 51.7 Å². The summed E-state index contributed by atoms with van der Waals surface area (Å²) < 4.78 is 0. The van der Waals surface area contributed by atoms with Gasteiger partial charge in [-0.2, -0.15) is 0 Å². The molecule has 4 aromatic heterocycles. The highest BCUT2D eigenvalue weighted by atomic mass is 35.5. The topological polar surface area (TPSA) is 248 Å². The van der Waals surface area contributed by atoms with Crippen LogP contribution in [0.25, 0.3) is 89.5 Å². The van der Waals surface area contributed by atoms with E-state index >= 15 is 0 Å². The summed E-state index contributed by atoms with van der Waals surface area (Å²) in [4.78, 5) is 70.9. The van der Waals surface area contributed by atoms with Crippen molar-refractivity contribution in [2.75, 3.05) is 106 Å². The van der Waals surface area contributed by atoms with Crippen LogP contribution < -0.4 is 46.6 Å². The van der Waals surface area contributed by atoms with Crippen LogP contribution in [0.2, 0.25) is 0 Å². The number of alkyl halides is 1. The number of aromatic nitrogens is 8. The Labute approximate surface area is 886 Å². The van der Waals surface area contributed by atoms with Crippen LogP contribution in [0.5, 0.6) is 0 Å². The van der Waals surface area contributed by atoms with Crippen molar-refractivity contribution in [1.29, 1.82) is 0 Å². The Morgan fingerprint density at radius 1 is 0.264 bits per heavy atom. The van der Waals surface area contributed by atoms with E-state index in [4.69, 9.17) is 17.3 Å². The molecular formula is C126H151ClN18O3. The number of anilines is 12. The molecule has 21 nitrogen and oxygen atoms in total. The summed E-state index contributed by atoms with van der Waals surface area (Å²) in [5.41, 5.74) is 31.7. The molecule has 0 saturated carbocycles. The summed E-state index contributed by atoms with van der Waals surface area (Å²) in [7, 11) is 0. The van der Waals surface area contributed by atoms with Gasteiger partial charge in [-0.1, -0.05) is 317 Å². The van der Waals surface area contributed by atoms with Gasteiger partial charge in [-0.15, -0.1) is 11.6 Å². The molecule has 17 aromatic rings. The largest absolute Gasteiger partial charge is 0.395 e. The molecule has 0 saturated heterocycles. The minimum atomic E-state index is -0.258. The van der Waals surface area contributed by atoms with E-state index in [1.165, 1.54) is 27.2 Å². The van der Waals surface area contributed by atoms with Crippen molar-refractivity contribution in [1.82, 2.24) is 44.8 Å².